The van der Waals surface area contributed by atoms with Crippen molar-refractivity contribution in [1.82, 2.24) is 14.7 Å². The van der Waals surface area contributed by atoms with Crippen molar-refractivity contribution in [1.29, 1.82) is 0 Å². The van der Waals surface area contributed by atoms with Gasteiger partial charge >= 0.3 is 0 Å². The lowest BCUT2D eigenvalue weighted by Crippen LogP contribution is -2.40. The first-order chi connectivity index (χ1) is 14.6. The number of hydrogen-bond donors (Lipinski definition) is 0. The van der Waals surface area contributed by atoms with Gasteiger partial charge in [0.15, 0.2) is 0 Å². The molecule has 1 amide bonds. The van der Waals surface area contributed by atoms with Crippen LogP contribution in [0.1, 0.15) is 16.7 Å². The van der Waals surface area contributed by atoms with E-state index in [9.17, 15) is 9.00 Å². The maximum atomic E-state index is 12.6. The summed E-state index contributed by atoms with van der Waals surface area (Å²) in [5, 5.41) is 4.81. The van der Waals surface area contributed by atoms with E-state index in [1.807, 2.05) is 35.2 Å². The van der Waals surface area contributed by atoms with Crippen LogP contribution in [0.25, 0.3) is 17.3 Å². The van der Waals surface area contributed by atoms with E-state index in [-0.39, 0.29) is 5.91 Å². The lowest BCUT2D eigenvalue weighted by Gasteiger charge is -2.24. The van der Waals surface area contributed by atoms with E-state index in [0.717, 1.165) is 16.8 Å². The number of aromatic nitrogens is 2. The van der Waals surface area contributed by atoms with E-state index in [1.165, 1.54) is 11.1 Å². The zero-order valence-electron chi connectivity index (χ0n) is 17.0. The molecule has 0 atom stereocenters. The summed E-state index contributed by atoms with van der Waals surface area (Å²) in [6, 6.07) is 18.4. The molecule has 2 heterocycles. The molecule has 2 aromatic carbocycles. The van der Waals surface area contributed by atoms with Crippen LogP contribution in [0.2, 0.25) is 0 Å². The van der Waals surface area contributed by atoms with Crippen molar-refractivity contribution in [3.05, 3.63) is 83.6 Å². The molecule has 6 heteroatoms. The van der Waals surface area contributed by atoms with Crippen LogP contribution in [0.15, 0.2) is 66.9 Å². The molecule has 0 spiro atoms. The molecule has 1 aliphatic rings. The van der Waals surface area contributed by atoms with Crippen LogP contribution in [0.5, 0.6) is 0 Å². The van der Waals surface area contributed by atoms with Gasteiger partial charge in [-0.25, -0.2) is 0 Å². The molecular formula is C24H25N3O2S. The van der Waals surface area contributed by atoms with Gasteiger partial charge in [-0.05, 0) is 18.6 Å². The van der Waals surface area contributed by atoms with Gasteiger partial charge in [-0.1, -0.05) is 60.2 Å². The average molecular weight is 420 g/mol. The maximum absolute atomic E-state index is 12.6. The predicted octanol–water partition coefficient (Wildman–Crippen LogP) is 3.51. The van der Waals surface area contributed by atoms with Gasteiger partial charge in [0.05, 0.1) is 12.2 Å². The molecule has 0 saturated carbocycles. The van der Waals surface area contributed by atoms with Gasteiger partial charge in [0.25, 0.3) is 0 Å². The molecule has 1 fully saturated rings. The number of carbonyl (C=O) groups is 1. The summed E-state index contributed by atoms with van der Waals surface area (Å²) < 4.78 is 13.4. The van der Waals surface area contributed by atoms with Gasteiger partial charge in [-0.3, -0.25) is 13.7 Å². The van der Waals surface area contributed by atoms with Crippen molar-refractivity contribution in [2.24, 2.45) is 0 Å². The molecular weight excluding hydrogens is 394 g/mol. The Kier molecular flexibility index (Phi) is 6.23. The number of carbonyl (C=O) groups excluding carboxylic acids is 1. The van der Waals surface area contributed by atoms with Crippen LogP contribution in [0.3, 0.4) is 0 Å². The Labute approximate surface area is 179 Å². The standard InChI is InChI=1S/C24H25N3O2S/c1-19-7-9-21(10-8-19)24-22(11-12-23(28)26-13-15-30(29)16-14-26)18-27(25-24)17-20-5-3-2-4-6-20/h2-12,18H,13-17H2,1H3/b12-11+. The number of hydrogen-bond acceptors (Lipinski definition) is 3. The van der Waals surface area contributed by atoms with Gasteiger partial charge < -0.3 is 4.90 Å². The number of rotatable bonds is 5. The molecule has 0 aliphatic carbocycles. The van der Waals surface area contributed by atoms with Crippen LogP contribution in [-0.4, -0.2) is 49.4 Å². The lowest BCUT2D eigenvalue weighted by atomic mass is 10.1. The minimum Gasteiger partial charge on any atom is -0.337 e. The molecule has 1 aliphatic heterocycles. The third-order valence-corrected chi connectivity index (χ3v) is 6.47. The fourth-order valence-corrected chi connectivity index (χ4v) is 4.52. The summed E-state index contributed by atoms with van der Waals surface area (Å²) in [5.74, 6) is 1.07. The third-order valence-electron chi connectivity index (χ3n) is 5.20. The highest BCUT2D eigenvalue weighted by Crippen LogP contribution is 2.24. The van der Waals surface area contributed by atoms with Gasteiger partial charge in [0.1, 0.15) is 0 Å². The highest BCUT2D eigenvalue weighted by Gasteiger charge is 2.18. The Morgan fingerprint density at radius 3 is 2.47 bits per heavy atom. The summed E-state index contributed by atoms with van der Waals surface area (Å²) in [5.41, 5.74) is 5.15. The first-order valence-electron chi connectivity index (χ1n) is 10.1. The molecule has 3 aromatic rings. The van der Waals surface area contributed by atoms with E-state index in [4.69, 9.17) is 5.10 Å². The fraction of sp³-hybridized carbons (Fsp3) is 0.250. The Morgan fingerprint density at radius 2 is 1.77 bits per heavy atom. The number of amides is 1. The number of benzene rings is 2. The SMILES string of the molecule is Cc1ccc(-c2nn(Cc3ccccc3)cc2/C=C/C(=O)N2CCS(=O)CC2)cc1. The van der Waals surface area contributed by atoms with Crippen LogP contribution >= 0.6 is 0 Å². The number of aryl methyl sites for hydroxylation is 1. The smallest absolute Gasteiger partial charge is 0.246 e. The molecule has 154 valence electrons. The lowest BCUT2D eigenvalue weighted by molar-refractivity contribution is -0.125. The van der Waals surface area contributed by atoms with Gasteiger partial charge in [0.2, 0.25) is 5.91 Å². The molecule has 0 radical (unpaired) electrons. The Morgan fingerprint density at radius 1 is 1.07 bits per heavy atom. The van der Waals surface area contributed by atoms with Crippen molar-refractivity contribution in [3.63, 3.8) is 0 Å². The summed E-state index contributed by atoms with van der Waals surface area (Å²) in [6.45, 7) is 3.82. The summed E-state index contributed by atoms with van der Waals surface area (Å²) in [6.07, 6.45) is 5.44. The van der Waals surface area contributed by atoms with Crippen molar-refractivity contribution < 1.29 is 9.00 Å². The molecule has 4 rings (SSSR count). The first-order valence-corrected chi connectivity index (χ1v) is 11.6. The van der Waals surface area contributed by atoms with Crippen LogP contribution in [0, 0.1) is 6.92 Å². The zero-order chi connectivity index (χ0) is 20.9. The molecule has 0 unspecified atom stereocenters. The highest BCUT2D eigenvalue weighted by molar-refractivity contribution is 7.85. The van der Waals surface area contributed by atoms with Gasteiger partial charge in [0, 0.05) is 58.8 Å². The zero-order valence-corrected chi connectivity index (χ0v) is 17.8. The minimum atomic E-state index is -0.795. The van der Waals surface area contributed by atoms with E-state index < -0.39 is 10.8 Å². The monoisotopic (exact) mass is 419 g/mol. The van der Waals surface area contributed by atoms with Crippen LogP contribution in [-0.2, 0) is 22.1 Å². The normalized spacial score (nSPS) is 15.0. The maximum Gasteiger partial charge on any atom is 0.246 e. The topological polar surface area (TPSA) is 55.2 Å². The summed E-state index contributed by atoms with van der Waals surface area (Å²) in [4.78, 5) is 14.3. The molecule has 0 bridgehead atoms. The van der Waals surface area contributed by atoms with Crippen LogP contribution < -0.4 is 0 Å². The Balaban J connectivity index is 1.60. The largest absolute Gasteiger partial charge is 0.337 e. The van der Waals surface area contributed by atoms with Gasteiger partial charge in [-0.2, -0.15) is 5.10 Å². The average Bonchev–Trinajstić information content (AvgIpc) is 3.16. The van der Waals surface area contributed by atoms with Crippen molar-refractivity contribution >= 4 is 22.8 Å². The second kappa shape index (κ2) is 9.22. The predicted molar refractivity (Wildman–Crippen MR) is 121 cm³/mol. The van der Waals surface area contributed by atoms with Crippen molar-refractivity contribution in [3.8, 4) is 11.3 Å². The third kappa shape index (κ3) is 4.94. The van der Waals surface area contributed by atoms with E-state index in [1.54, 1.807) is 11.0 Å². The van der Waals surface area contributed by atoms with E-state index in [0.29, 0.717) is 31.1 Å². The van der Waals surface area contributed by atoms with Crippen molar-refractivity contribution in [2.75, 3.05) is 24.6 Å². The van der Waals surface area contributed by atoms with Crippen molar-refractivity contribution in [2.45, 2.75) is 13.5 Å². The van der Waals surface area contributed by atoms with Crippen LogP contribution in [0.4, 0.5) is 0 Å². The molecule has 30 heavy (non-hydrogen) atoms. The van der Waals surface area contributed by atoms with E-state index >= 15 is 0 Å². The summed E-state index contributed by atoms with van der Waals surface area (Å²) >= 11 is 0. The minimum absolute atomic E-state index is 0.0441. The summed E-state index contributed by atoms with van der Waals surface area (Å²) in [7, 11) is -0.795. The molecule has 1 saturated heterocycles. The molecule has 1 aromatic heterocycles. The van der Waals surface area contributed by atoms with E-state index in [2.05, 4.69) is 43.3 Å². The second-order valence-electron chi connectivity index (χ2n) is 7.49. The number of nitrogens with zero attached hydrogens (tertiary/aromatic N) is 3. The first kappa shape index (κ1) is 20.3. The quantitative estimate of drug-likeness (QED) is 0.595. The molecule has 0 N–H and O–H groups in total. The second-order valence-corrected chi connectivity index (χ2v) is 9.19. The fourth-order valence-electron chi connectivity index (χ4n) is 3.47. The Hall–Kier alpha value is -2.99. The highest BCUT2D eigenvalue weighted by atomic mass is 32.2. The Bertz CT molecular complexity index is 1060. The van der Waals surface area contributed by atoms with Gasteiger partial charge in [-0.15, -0.1) is 0 Å². The molecule has 5 nitrogen and oxygen atoms in total.